The number of aryl methyl sites for hydroxylation is 1. The van der Waals surface area contributed by atoms with Gasteiger partial charge < -0.3 is 15.7 Å². The third-order valence-electron chi connectivity index (χ3n) is 6.19. The van der Waals surface area contributed by atoms with Crippen molar-refractivity contribution in [3.63, 3.8) is 0 Å². The zero-order valence-electron chi connectivity index (χ0n) is 17.7. The Morgan fingerprint density at radius 2 is 1.93 bits per heavy atom. The van der Waals surface area contributed by atoms with Crippen LogP contribution in [-0.2, 0) is 10.0 Å². The van der Waals surface area contributed by atoms with Crippen LogP contribution in [0.3, 0.4) is 0 Å². The van der Waals surface area contributed by atoms with Crippen LogP contribution in [-0.4, -0.2) is 69.8 Å². The number of nitrogens with one attached hydrogen (secondary N) is 2. The van der Waals surface area contributed by atoms with Crippen molar-refractivity contribution in [3.8, 4) is 0 Å². The molecule has 164 valence electrons. The van der Waals surface area contributed by atoms with Gasteiger partial charge in [-0.05, 0) is 52.0 Å². The second kappa shape index (κ2) is 7.90. The van der Waals surface area contributed by atoms with E-state index in [0.717, 1.165) is 35.9 Å². The number of fused-ring (bicyclic) bond motifs is 1. The molecule has 0 spiro atoms. The van der Waals surface area contributed by atoms with Crippen LogP contribution in [0.5, 0.6) is 0 Å². The molecule has 1 saturated heterocycles. The number of hydrogen-bond acceptors (Lipinski definition) is 8. The van der Waals surface area contributed by atoms with Gasteiger partial charge in [-0.3, -0.25) is 0 Å². The fourth-order valence-corrected chi connectivity index (χ4v) is 5.27. The number of sulfonamides is 1. The molecule has 3 N–H and O–H groups in total. The molecule has 2 aromatic rings. The smallest absolute Gasteiger partial charge is 0.223 e. The molecule has 1 aliphatic carbocycles. The number of nitrogens with zero attached hydrogens (tertiary/aromatic N) is 4. The van der Waals surface area contributed by atoms with Crippen molar-refractivity contribution in [2.45, 2.75) is 63.6 Å². The van der Waals surface area contributed by atoms with E-state index in [1.165, 1.54) is 10.6 Å². The fraction of sp³-hybridized carbons (Fsp3) is 0.650. The molecule has 0 amide bonds. The minimum Gasteiger partial charge on any atom is -0.388 e. The van der Waals surface area contributed by atoms with Gasteiger partial charge in [0, 0.05) is 36.4 Å². The van der Waals surface area contributed by atoms with E-state index in [2.05, 4.69) is 20.6 Å². The summed E-state index contributed by atoms with van der Waals surface area (Å²) in [7, 11) is -3.14. The van der Waals surface area contributed by atoms with Crippen LogP contribution in [0.4, 0.5) is 11.8 Å². The maximum atomic E-state index is 11.7. The molecule has 9 nitrogen and oxygen atoms in total. The predicted octanol–water partition coefficient (Wildman–Crippen LogP) is 1.88. The molecular formula is C20H30N6O3S. The van der Waals surface area contributed by atoms with Gasteiger partial charge in [0.05, 0.1) is 17.9 Å². The molecule has 1 aliphatic heterocycles. The molecular weight excluding hydrogens is 404 g/mol. The Morgan fingerprint density at radius 3 is 2.57 bits per heavy atom. The Morgan fingerprint density at radius 1 is 1.20 bits per heavy atom. The number of rotatable bonds is 5. The Hall–Kier alpha value is -2.04. The third-order valence-corrected chi connectivity index (χ3v) is 7.49. The summed E-state index contributed by atoms with van der Waals surface area (Å²) in [6, 6.07) is 1.99. The molecule has 0 bridgehead atoms. The number of aliphatic hydroxyl groups is 1. The minimum absolute atomic E-state index is 0.0679. The Labute approximate surface area is 177 Å². The molecule has 10 heteroatoms. The molecule has 0 radical (unpaired) electrons. The van der Waals surface area contributed by atoms with Crippen molar-refractivity contribution in [3.05, 3.63) is 18.0 Å². The van der Waals surface area contributed by atoms with E-state index < -0.39 is 15.6 Å². The second-order valence-electron chi connectivity index (χ2n) is 8.77. The van der Waals surface area contributed by atoms with Crippen LogP contribution < -0.4 is 10.6 Å². The van der Waals surface area contributed by atoms with Gasteiger partial charge >= 0.3 is 0 Å². The van der Waals surface area contributed by atoms with Gasteiger partial charge in [-0.25, -0.2) is 27.7 Å². The van der Waals surface area contributed by atoms with Gasteiger partial charge in [0.15, 0.2) is 5.82 Å². The van der Waals surface area contributed by atoms with Crippen LogP contribution in [0.1, 0.15) is 44.7 Å². The van der Waals surface area contributed by atoms with Gasteiger partial charge in [0.25, 0.3) is 0 Å². The van der Waals surface area contributed by atoms with Crippen LogP contribution in [0, 0.1) is 6.92 Å². The molecule has 1 saturated carbocycles. The van der Waals surface area contributed by atoms with Gasteiger partial charge in [0.2, 0.25) is 16.0 Å². The first-order valence-corrected chi connectivity index (χ1v) is 12.3. The molecule has 4 rings (SSSR count). The van der Waals surface area contributed by atoms with Crippen molar-refractivity contribution >= 4 is 32.7 Å². The van der Waals surface area contributed by atoms with E-state index in [1.807, 2.05) is 19.9 Å². The van der Waals surface area contributed by atoms with E-state index in [-0.39, 0.29) is 12.1 Å². The van der Waals surface area contributed by atoms with Crippen molar-refractivity contribution in [1.29, 1.82) is 0 Å². The average Bonchev–Trinajstić information content (AvgIpc) is 3.00. The second-order valence-corrected chi connectivity index (χ2v) is 10.8. The van der Waals surface area contributed by atoms with Crippen molar-refractivity contribution in [2.24, 2.45) is 0 Å². The van der Waals surface area contributed by atoms with E-state index >= 15 is 0 Å². The number of hydrogen-bond donors (Lipinski definition) is 3. The number of pyridine rings is 1. The normalized spacial score (nSPS) is 26.2. The standard InChI is InChI=1S/C20H30N6O3S/c1-13-11-14-12-21-19(23-15-6-9-26(10-7-15)30(3,28)29)25-17(14)18(22-13)24-16-5-4-8-20(16,2)27/h11-12,15-16,27H,4-10H2,1-3H3,(H,22,24)(H,21,23,25)/t16?,20-/m1/s1. The van der Waals surface area contributed by atoms with Crippen molar-refractivity contribution < 1.29 is 13.5 Å². The zero-order valence-corrected chi connectivity index (χ0v) is 18.5. The summed E-state index contributed by atoms with van der Waals surface area (Å²) in [6.07, 6.45) is 7.07. The van der Waals surface area contributed by atoms with Crippen LogP contribution in [0.2, 0.25) is 0 Å². The highest BCUT2D eigenvalue weighted by Crippen LogP contribution is 2.33. The molecule has 30 heavy (non-hydrogen) atoms. The van der Waals surface area contributed by atoms with Gasteiger partial charge in [-0.2, -0.15) is 0 Å². The molecule has 2 atom stereocenters. The van der Waals surface area contributed by atoms with E-state index in [1.54, 1.807) is 6.20 Å². The molecule has 2 fully saturated rings. The van der Waals surface area contributed by atoms with Gasteiger partial charge in [-0.1, -0.05) is 0 Å². The monoisotopic (exact) mass is 434 g/mol. The first-order valence-electron chi connectivity index (χ1n) is 10.5. The molecule has 1 unspecified atom stereocenters. The summed E-state index contributed by atoms with van der Waals surface area (Å²) in [5.74, 6) is 1.17. The van der Waals surface area contributed by atoms with E-state index in [9.17, 15) is 13.5 Å². The van der Waals surface area contributed by atoms with Crippen LogP contribution in [0.25, 0.3) is 10.9 Å². The average molecular weight is 435 g/mol. The quantitative estimate of drug-likeness (QED) is 0.652. The Kier molecular flexibility index (Phi) is 5.58. The number of anilines is 2. The summed E-state index contributed by atoms with van der Waals surface area (Å²) in [4.78, 5) is 13.8. The summed E-state index contributed by atoms with van der Waals surface area (Å²) in [6.45, 7) is 4.78. The number of aromatic nitrogens is 3. The molecule has 3 heterocycles. The molecule has 2 aromatic heterocycles. The Balaban J connectivity index is 1.54. The third kappa shape index (κ3) is 4.50. The highest BCUT2D eigenvalue weighted by atomic mass is 32.2. The first-order chi connectivity index (χ1) is 14.1. The van der Waals surface area contributed by atoms with E-state index in [4.69, 9.17) is 4.98 Å². The van der Waals surface area contributed by atoms with Crippen LogP contribution >= 0.6 is 0 Å². The maximum Gasteiger partial charge on any atom is 0.223 e. The fourth-order valence-electron chi connectivity index (χ4n) is 4.40. The highest BCUT2D eigenvalue weighted by Gasteiger charge is 2.37. The topological polar surface area (TPSA) is 120 Å². The molecule has 0 aromatic carbocycles. The summed E-state index contributed by atoms with van der Waals surface area (Å²) in [5, 5.41) is 18.3. The summed E-state index contributed by atoms with van der Waals surface area (Å²) < 4.78 is 24.9. The maximum absolute atomic E-state index is 11.7. The van der Waals surface area contributed by atoms with Gasteiger partial charge in [0.1, 0.15) is 5.52 Å². The Bertz CT molecular complexity index is 1030. The summed E-state index contributed by atoms with van der Waals surface area (Å²) >= 11 is 0. The van der Waals surface area contributed by atoms with E-state index in [0.29, 0.717) is 37.7 Å². The lowest BCUT2D eigenvalue weighted by molar-refractivity contribution is 0.0578. The lowest BCUT2D eigenvalue weighted by Gasteiger charge is -2.30. The summed E-state index contributed by atoms with van der Waals surface area (Å²) in [5.41, 5.74) is 0.814. The zero-order chi connectivity index (χ0) is 21.5. The lowest BCUT2D eigenvalue weighted by atomic mass is 10.0. The van der Waals surface area contributed by atoms with Crippen molar-refractivity contribution in [2.75, 3.05) is 30.0 Å². The highest BCUT2D eigenvalue weighted by molar-refractivity contribution is 7.88. The van der Waals surface area contributed by atoms with Gasteiger partial charge in [-0.15, -0.1) is 0 Å². The SMILES string of the molecule is Cc1cc2cnc(NC3CCN(S(C)(=O)=O)CC3)nc2c(NC2CCC[C@@]2(C)O)n1. The van der Waals surface area contributed by atoms with Crippen LogP contribution in [0.15, 0.2) is 12.3 Å². The predicted molar refractivity (Wildman–Crippen MR) is 117 cm³/mol. The number of piperidine rings is 1. The van der Waals surface area contributed by atoms with Crippen molar-refractivity contribution in [1.82, 2.24) is 19.3 Å². The lowest BCUT2D eigenvalue weighted by Crippen LogP contribution is -2.42. The first kappa shape index (κ1) is 21.2. The molecule has 2 aliphatic rings. The largest absolute Gasteiger partial charge is 0.388 e. The minimum atomic E-state index is -3.14.